The van der Waals surface area contributed by atoms with E-state index >= 15 is 0 Å². The number of aliphatic hydroxyl groups excluding tert-OH is 1. The normalized spacial score (nSPS) is 29.2. The molecular weight excluding hydrogens is 307 g/mol. The maximum atomic E-state index is 10.1. The molecule has 2 fully saturated rings. The first-order chi connectivity index (χ1) is 9.13. The van der Waals surface area contributed by atoms with E-state index in [1.807, 2.05) is 13.8 Å². The minimum absolute atomic E-state index is 0. The first kappa shape index (κ1) is 21.9. The van der Waals surface area contributed by atoms with E-state index < -0.39 is 17.5 Å². The molecule has 2 unspecified atom stereocenters. The van der Waals surface area contributed by atoms with Crippen LogP contribution in [0.2, 0.25) is 0 Å². The van der Waals surface area contributed by atoms with Crippen LogP contribution in [0.5, 0.6) is 0 Å². The van der Waals surface area contributed by atoms with Gasteiger partial charge in [0.15, 0.2) is 11.6 Å². The fourth-order valence-electron chi connectivity index (χ4n) is 1.90. The Kier molecular flexibility index (Phi) is 9.66. The van der Waals surface area contributed by atoms with Crippen molar-refractivity contribution in [3.05, 3.63) is 0 Å². The maximum Gasteiger partial charge on any atom is 1.00 e. The maximum absolute atomic E-state index is 10.1. The monoisotopic (exact) mass is 330 g/mol. The summed E-state index contributed by atoms with van der Waals surface area (Å²) >= 11 is 0. The standard InChI is InChI=1S/C7H12O4.C6H12O3.K/c1-7(2)10-4-5(11-7)3-6(8)9;1-6(2)8-4-5(3-7)9-6;/h5H,3-4H2,1-2H3,(H,8,9);5,7H,3-4H2,1-2H3;/q;;+1/p-1. The van der Waals surface area contributed by atoms with Gasteiger partial charge in [-0.1, -0.05) is 0 Å². The van der Waals surface area contributed by atoms with Crippen LogP contribution in [0, 0.1) is 0 Å². The van der Waals surface area contributed by atoms with Crippen molar-refractivity contribution in [2.75, 3.05) is 19.8 Å². The predicted molar refractivity (Wildman–Crippen MR) is 66.5 cm³/mol. The number of ether oxygens (including phenoxy) is 4. The van der Waals surface area contributed by atoms with Gasteiger partial charge in [-0.3, -0.25) is 0 Å². The van der Waals surface area contributed by atoms with E-state index in [-0.39, 0.29) is 76.6 Å². The van der Waals surface area contributed by atoms with Crippen LogP contribution in [0.4, 0.5) is 0 Å². The largest absolute Gasteiger partial charge is 1.00 e. The summed E-state index contributed by atoms with van der Waals surface area (Å²) in [6.45, 7) is 8.06. The first-order valence-corrected chi connectivity index (χ1v) is 6.58. The Morgan fingerprint density at radius 1 is 1.10 bits per heavy atom. The van der Waals surface area contributed by atoms with E-state index in [0.717, 1.165) is 0 Å². The fraction of sp³-hybridized carbons (Fsp3) is 0.923. The molecule has 0 aliphatic carbocycles. The second kappa shape index (κ2) is 9.26. The van der Waals surface area contributed by atoms with E-state index in [2.05, 4.69) is 0 Å². The average molecular weight is 330 g/mol. The summed E-state index contributed by atoms with van der Waals surface area (Å²) in [6.07, 6.45) is -0.571. The molecule has 2 aliphatic rings. The summed E-state index contributed by atoms with van der Waals surface area (Å²) in [5.41, 5.74) is 0. The van der Waals surface area contributed by atoms with Crippen LogP contribution in [0.25, 0.3) is 0 Å². The zero-order valence-electron chi connectivity index (χ0n) is 13.4. The number of carboxylic acid groups (broad SMARTS) is 1. The van der Waals surface area contributed by atoms with Gasteiger partial charge in [-0.15, -0.1) is 0 Å². The molecule has 2 saturated heterocycles. The number of aliphatic hydroxyl groups is 1. The molecule has 0 amide bonds. The number of rotatable bonds is 3. The zero-order chi connectivity index (χ0) is 15.4. The van der Waals surface area contributed by atoms with Crippen LogP contribution in [-0.4, -0.2) is 54.7 Å². The Bertz CT molecular complexity index is 332. The molecule has 0 saturated carbocycles. The molecule has 0 aromatic heterocycles. The summed E-state index contributed by atoms with van der Waals surface area (Å²) < 4.78 is 20.7. The molecule has 21 heavy (non-hydrogen) atoms. The quantitative estimate of drug-likeness (QED) is 0.534. The molecule has 118 valence electrons. The Hall–Kier alpha value is 0.906. The molecule has 2 atom stereocenters. The molecule has 2 rings (SSSR count). The van der Waals surface area contributed by atoms with E-state index in [0.29, 0.717) is 13.2 Å². The molecule has 0 aromatic carbocycles. The summed E-state index contributed by atoms with van der Waals surface area (Å²) in [4.78, 5) is 10.1. The number of aliphatic carboxylic acids is 1. The van der Waals surface area contributed by atoms with Crippen molar-refractivity contribution in [3.8, 4) is 0 Å². The SMILES string of the molecule is CC1(C)OCC(CC(=O)[O-])O1.CC1(C)OCC(CO)O1.[K+]. The predicted octanol–water partition coefficient (Wildman–Crippen LogP) is -3.59. The molecule has 2 aliphatic heterocycles. The van der Waals surface area contributed by atoms with Crippen molar-refractivity contribution in [1.29, 1.82) is 0 Å². The third-order valence-corrected chi connectivity index (χ3v) is 2.73. The molecule has 1 N–H and O–H groups in total. The Morgan fingerprint density at radius 2 is 1.52 bits per heavy atom. The van der Waals surface area contributed by atoms with Crippen LogP contribution < -0.4 is 56.5 Å². The van der Waals surface area contributed by atoms with Crippen LogP contribution >= 0.6 is 0 Å². The molecule has 7 nitrogen and oxygen atoms in total. The van der Waals surface area contributed by atoms with Gasteiger partial charge < -0.3 is 34.0 Å². The van der Waals surface area contributed by atoms with Gasteiger partial charge in [0.05, 0.1) is 25.9 Å². The van der Waals surface area contributed by atoms with Gasteiger partial charge in [0, 0.05) is 12.4 Å². The van der Waals surface area contributed by atoms with Crippen LogP contribution in [-0.2, 0) is 23.7 Å². The van der Waals surface area contributed by atoms with Crippen molar-refractivity contribution >= 4 is 5.97 Å². The van der Waals surface area contributed by atoms with Crippen molar-refractivity contribution in [3.63, 3.8) is 0 Å². The van der Waals surface area contributed by atoms with E-state index in [4.69, 9.17) is 24.1 Å². The van der Waals surface area contributed by atoms with Crippen molar-refractivity contribution in [2.45, 2.75) is 57.9 Å². The third-order valence-electron chi connectivity index (χ3n) is 2.73. The zero-order valence-corrected chi connectivity index (χ0v) is 16.5. The van der Waals surface area contributed by atoms with Crippen molar-refractivity contribution < 1.29 is 85.3 Å². The minimum atomic E-state index is -1.10. The Morgan fingerprint density at radius 3 is 1.76 bits per heavy atom. The van der Waals surface area contributed by atoms with Gasteiger partial charge >= 0.3 is 51.4 Å². The minimum Gasteiger partial charge on any atom is -0.550 e. The number of carbonyl (C=O) groups excluding carboxylic acids is 1. The molecule has 0 bridgehead atoms. The van der Waals surface area contributed by atoms with Crippen LogP contribution in [0.15, 0.2) is 0 Å². The van der Waals surface area contributed by atoms with E-state index in [1.165, 1.54) is 0 Å². The van der Waals surface area contributed by atoms with E-state index in [9.17, 15) is 9.90 Å². The third kappa shape index (κ3) is 8.94. The molecule has 0 spiro atoms. The Balaban J connectivity index is 0.000000370. The van der Waals surface area contributed by atoms with Gasteiger partial charge in [-0.2, -0.15) is 0 Å². The van der Waals surface area contributed by atoms with Gasteiger partial charge in [-0.05, 0) is 27.7 Å². The number of hydrogen-bond acceptors (Lipinski definition) is 7. The topological polar surface area (TPSA) is 97.3 Å². The number of carbonyl (C=O) groups is 1. The Labute approximate surface area is 167 Å². The van der Waals surface area contributed by atoms with Gasteiger partial charge in [-0.25, -0.2) is 0 Å². The van der Waals surface area contributed by atoms with Crippen LogP contribution in [0.1, 0.15) is 34.1 Å². The van der Waals surface area contributed by atoms with Crippen LogP contribution in [0.3, 0.4) is 0 Å². The molecule has 8 heteroatoms. The summed E-state index contributed by atoms with van der Waals surface area (Å²) in [5, 5.41) is 18.7. The smallest absolute Gasteiger partial charge is 0.550 e. The van der Waals surface area contributed by atoms with Gasteiger partial charge in [0.2, 0.25) is 0 Å². The summed E-state index contributed by atoms with van der Waals surface area (Å²) in [7, 11) is 0. The molecule has 2 heterocycles. The number of carboxylic acids is 1. The second-order valence-corrected chi connectivity index (χ2v) is 5.66. The first-order valence-electron chi connectivity index (χ1n) is 6.58. The van der Waals surface area contributed by atoms with E-state index in [1.54, 1.807) is 13.8 Å². The molecule has 0 aromatic rings. The second-order valence-electron chi connectivity index (χ2n) is 5.66. The number of hydrogen-bond donors (Lipinski definition) is 1. The van der Waals surface area contributed by atoms with Crippen molar-refractivity contribution in [2.24, 2.45) is 0 Å². The average Bonchev–Trinajstić information content (AvgIpc) is 2.81. The summed E-state index contributed by atoms with van der Waals surface area (Å²) in [5.74, 6) is -2.23. The van der Waals surface area contributed by atoms with Gasteiger partial charge in [0.1, 0.15) is 6.10 Å². The molecular formula is C13H23KO7. The molecule has 0 radical (unpaired) electrons. The fourth-order valence-corrected chi connectivity index (χ4v) is 1.90. The summed E-state index contributed by atoms with van der Waals surface area (Å²) in [6, 6.07) is 0. The van der Waals surface area contributed by atoms with Gasteiger partial charge in [0.25, 0.3) is 0 Å². The van der Waals surface area contributed by atoms with Crippen molar-refractivity contribution in [1.82, 2.24) is 0 Å².